The number of carbonyl (C=O) groups is 2. The molecular formula is C11H18O3. The molecule has 0 aliphatic heterocycles. The highest BCUT2D eigenvalue weighted by molar-refractivity contribution is 6.05. The quantitative estimate of drug-likeness (QED) is 0.513. The summed E-state index contributed by atoms with van der Waals surface area (Å²) in [6.45, 7) is 5.71. The maximum absolute atomic E-state index is 11.9. The lowest BCUT2D eigenvalue weighted by Crippen LogP contribution is -2.51. The van der Waals surface area contributed by atoms with E-state index in [0.29, 0.717) is 18.8 Å². The maximum Gasteiger partial charge on any atom is 0.319 e. The topological polar surface area (TPSA) is 43.4 Å². The third-order valence-corrected chi connectivity index (χ3v) is 2.97. The number of rotatable bonds is 3. The van der Waals surface area contributed by atoms with Crippen LogP contribution in [-0.4, -0.2) is 18.9 Å². The van der Waals surface area contributed by atoms with E-state index in [0.717, 1.165) is 0 Å². The Hall–Kier alpha value is -0.860. The monoisotopic (exact) mass is 198 g/mol. The summed E-state index contributed by atoms with van der Waals surface area (Å²) in [5.74, 6) is 0.0372. The molecule has 0 aromatic rings. The summed E-state index contributed by atoms with van der Waals surface area (Å²) in [6.07, 6.45) is 1.30. The van der Waals surface area contributed by atoms with Gasteiger partial charge in [-0.1, -0.05) is 20.8 Å². The highest BCUT2D eigenvalue weighted by atomic mass is 16.5. The first-order valence-electron chi connectivity index (χ1n) is 5.06. The van der Waals surface area contributed by atoms with E-state index in [1.807, 2.05) is 13.8 Å². The smallest absolute Gasteiger partial charge is 0.319 e. The molecule has 3 nitrogen and oxygen atoms in total. The first-order chi connectivity index (χ1) is 6.44. The van der Waals surface area contributed by atoms with Gasteiger partial charge in [-0.05, 0) is 18.8 Å². The van der Waals surface area contributed by atoms with Gasteiger partial charge in [0.15, 0.2) is 5.78 Å². The predicted molar refractivity (Wildman–Crippen MR) is 52.7 cm³/mol. The SMILES string of the molecule is COC(=O)C1(C(=O)C(C)C)CC(C)C1. The Morgan fingerprint density at radius 1 is 1.36 bits per heavy atom. The van der Waals surface area contributed by atoms with Gasteiger partial charge < -0.3 is 4.74 Å². The summed E-state index contributed by atoms with van der Waals surface area (Å²) in [7, 11) is 1.35. The summed E-state index contributed by atoms with van der Waals surface area (Å²) in [5.41, 5.74) is -0.817. The lowest BCUT2D eigenvalue weighted by atomic mass is 9.58. The zero-order valence-electron chi connectivity index (χ0n) is 9.29. The van der Waals surface area contributed by atoms with E-state index in [4.69, 9.17) is 4.74 Å². The minimum Gasteiger partial charge on any atom is -0.468 e. The zero-order valence-corrected chi connectivity index (χ0v) is 9.29. The molecule has 0 atom stereocenters. The van der Waals surface area contributed by atoms with Gasteiger partial charge in [0.2, 0.25) is 0 Å². The molecule has 3 heteroatoms. The fraction of sp³-hybridized carbons (Fsp3) is 0.818. The average Bonchev–Trinajstić information content (AvgIpc) is 2.09. The molecule has 1 fully saturated rings. The Morgan fingerprint density at radius 2 is 1.86 bits per heavy atom. The van der Waals surface area contributed by atoms with E-state index >= 15 is 0 Å². The summed E-state index contributed by atoms with van der Waals surface area (Å²) in [5, 5.41) is 0. The van der Waals surface area contributed by atoms with Crippen molar-refractivity contribution in [2.75, 3.05) is 7.11 Å². The lowest BCUT2D eigenvalue weighted by molar-refractivity contribution is -0.168. The van der Waals surface area contributed by atoms with E-state index in [1.54, 1.807) is 0 Å². The standard InChI is InChI=1S/C11H18O3/c1-7(2)9(12)11(10(13)14-4)5-8(3)6-11/h7-8H,5-6H2,1-4H3. The normalized spacial score (nSPS) is 31.1. The third-order valence-electron chi connectivity index (χ3n) is 2.97. The number of hydrogen-bond donors (Lipinski definition) is 0. The summed E-state index contributed by atoms with van der Waals surface area (Å²) in [6, 6.07) is 0. The molecule has 0 N–H and O–H groups in total. The zero-order chi connectivity index (χ0) is 10.9. The van der Waals surface area contributed by atoms with E-state index in [2.05, 4.69) is 6.92 Å². The van der Waals surface area contributed by atoms with Gasteiger partial charge in [0.25, 0.3) is 0 Å². The van der Waals surface area contributed by atoms with Crippen molar-refractivity contribution in [2.45, 2.75) is 33.6 Å². The van der Waals surface area contributed by atoms with Crippen LogP contribution in [0.5, 0.6) is 0 Å². The van der Waals surface area contributed by atoms with Crippen LogP contribution < -0.4 is 0 Å². The Morgan fingerprint density at radius 3 is 2.14 bits per heavy atom. The summed E-state index contributed by atoms with van der Waals surface area (Å²) >= 11 is 0. The van der Waals surface area contributed by atoms with Gasteiger partial charge in [-0.25, -0.2) is 0 Å². The minimum atomic E-state index is -0.817. The van der Waals surface area contributed by atoms with Crippen LogP contribution in [0.3, 0.4) is 0 Å². The molecule has 0 aromatic carbocycles. The molecule has 80 valence electrons. The van der Waals surface area contributed by atoms with Crippen molar-refractivity contribution < 1.29 is 14.3 Å². The van der Waals surface area contributed by atoms with Gasteiger partial charge in [0, 0.05) is 5.92 Å². The van der Waals surface area contributed by atoms with Crippen LogP contribution in [0.15, 0.2) is 0 Å². The van der Waals surface area contributed by atoms with Crippen LogP contribution in [-0.2, 0) is 14.3 Å². The van der Waals surface area contributed by atoms with Crippen LogP contribution in [0.4, 0.5) is 0 Å². The Bertz CT molecular complexity index is 249. The van der Waals surface area contributed by atoms with Crippen LogP contribution >= 0.6 is 0 Å². The van der Waals surface area contributed by atoms with Crippen LogP contribution in [0.2, 0.25) is 0 Å². The van der Waals surface area contributed by atoms with E-state index in [-0.39, 0.29) is 17.7 Å². The maximum atomic E-state index is 11.9. The third kappa shape index (κ3) is 1.56. The van der Waals surface area contributed by atoms with E-state index in [9.17, 15) is 9.59 Å². The van der Waals surface area contributed by atoms with Gasteiger partial charge in [0.05, 0.1) is 7.11 Å². The number of methoxy groups -OCH3 is 1. The second kappa shape index (κ2) is 3.71. The second-order valence-corrected chi connectivity index (χ2v) is 4.61. The highest BCUT2D eigenvalue weighted by Gasteiger charge is 2.55. The molecule has 0 radical (unpaired) electrons. The number of carbonyl (C=O) groups excluding carboxylic acids is 2. The molecule has 0 saturated heterocycles. The minimum absolute atomic E-state index is 0.0300. The van der Waals surface area contributed by atoms with Gasteiger partial charge in [-0.15, -0.1) is 0 Å². The molecule has 0 amide bonds. The molecule has 1 aliphatic rings. The highest BCUT2D eigenvalue weighted by Crippen LogP contribution is 2.48. The molecule has 1 rings (SSSR count). The molecule has 0 unspecified atom stereocenters. The largest absolute Gasteiger partial charge is 0.468 e. The fourth-order valence-corrected chi connectivity index (χ4v) is 2.35. The van der Waals surface area contributed by atoms with Crippen LogP contribution in [0, 0.1) is 17.3 Å². The van der Waals surface area contributed by atoms with Crippen LogP contribution in [0.25, 0.3) is 0 Å². The van der Waals surface area contributed by atoms with Gasteiger partial charge in [-0.2, -0.15) is 0 Å². The number of Topliss-reactive ketones (excluding diaryl/α,β-unsaturated/α-hetero) is 1. The first kappa shape index (κ1) is 11.2. The Kier molecular flexibility index (Phi) is 2.98. The van der Waals surface area contributed by atoms with Gasteiger partial charge >= 0.3 is 5.97 Å². The van der Waals surface area contributed by atoms with Crippen molar-refractivity contribution in [1.29, 1.82) is 0 Å². The lowest BCUT2D eigenvalue weighted by Gasteiger charge is -2.43. The van der Waals surface area contributed by atoms with Gasteiger partial charge in [-0.3, -0.25) is 9.59 Å². The molecular weight excluding hydrogens is 180 g/mol. The van der Waals surface area contributed by atoms with Crippen molar-refractivity contribution >= 4 is 11.8 Å². The molecule has 1 saturated carbocycles. The predicted octanol–water partition coefficient (Wildman–Crippen LogP) is 1.80. The van der Waals surface area contributed by atoms with E-state index < -0.39 is 5.41 Å². The number of ketones is 1. The van der Waals surface area contributed by atoms with Gasteiger partial charge in [0.1, 0.15) is 5.41 Å². The molecule has 1 aliphatic carbocycles. The van der Waals surface area contributed by atoms with Crippen molar-refractivity contribution in [2.24, 2.45) is 17.3 Å². The summed E-state index contributed by atoms with van der Waals surface area (Å²) < 4.78 is 4.72. The molecule has 0 spiro atoms. The Balaban J connectivity index is 2.85. The van der Waals surface area contributed by atoms with Crippen molar-refractivity contribution in [3.8, 4) is 0 Å². The first-order valence-corrected chi connectivity index (χ1v) is 5.06. The molecule has 0 aromatic heterocycles. The molecule has 14 heavy (non-hydrogen) atoms. The van der Waals surface area contributed by atoms with Crippen molar-refractivity contribution in [3.05, 3.63) is 0 Å². The number of esters is 1. The number of ether oxygens (including phenoxy) is 1. The number of hydrogen-bond acceptors (Lipinski definition) is 3. The second-order valence-electron chi connectivity index (χ2n) is 4.61. The van der Waals surface area contributed by atoms with Crippen molar-refractivity contribution in [3.63, 3.8) is 0 Å². The molecule has 0 heterocycles. The summed E-state index contributed by atoms with van der Waals surface area (Å²) in [4.78, 5) is 23.5. The van der Waals surface area contributed by atoms with Crippen molar-refractivity contribution in [1.82, 2.24) is 0 Å². The fourth-order valence-electron chi connectivity index (χ4n) is 2.35. The average molecular weight is 198 g/mol. The van der Waals surface area contributed by atoms with Crippen LogP contribution in [0.1, 0.15) is 33.6 Å². The Labute approximate surface area is 84.8 Å². The van der Waals surface area contributed by atoms with E-state index in [1.165, 1.54) is 7.11 Å². The molecule has 0 bridgehead atoms.